The predicted octanol–water partition coefficient (Wildman–Crippen LogP) is 5.13. The number of ketones is 2. The minimum Gasteiger partial charge on any atom is -0.457 e. The molecule has 0 aliphatic heterocycles. The Balaban J connectivity index is 1.80. The van der Waals surface area contributed by atoms with Gasteiger partial charge in [-0.15, -0.1) is 0 Å². The smallest absolute Gasteiger partial charge is 0.249 e. The number of aliphatic hydroxyl groups excluding tert-OH is 1. The number of nitrogens with zero attached hydrogens (tertiary/aromatic N) is 2. The number of halogens is 2. The van der Waals surface area contributed by atoms with Gasteiger partial charge in [0.1, 0.15) is 21.2 Å². The van der Waals surface area contributed by atoms with Crippen molar-refractivity contribution >= 4 is 43.4 Å². The van der Waals surface area contributed by atoms with Crippen LogP contribution in [0.2, 0.25) is 0 Å². The van der Waals surface area contributed by atoms with Gasteiger partial charge in [-0.25, -0.2) is 4.98 Å². The molecule has 2 aromatic carbocycles. The zero-order valence-corrected chi connectivity index (χ0v) is 21.7. The number of fused-ring (bicyclic) bond motifs is 1. The van der Waals surface area contributed by atoms with Crippen LogP contribution < -0.4 is 4.74 Å². The lowest BCUT2D eigenvalue weighted by atomic mass is 9.93. The van der Waals surface area contributed by atoms with E-state index >= 15 is 0 Å². The van der Waals surface area contributed by atoms with Gasteiger partial charge in [-0.1, -0.05) is 62.2 Å². The fourth-order valence-electron chi connectivity index (χ4n) is 4.24. The molecule has 6 nitrogen and oxygen atoms in total. The Hall–Kier alpha value is -2.16. The van der Waals surface area contributed by atoms with E-state index < -0.39 is 15.9 Å². The summed E-state index contributed by atoms with van der Waals surface area (Å²) in [5.74, 6) is 0.360. The molecule has 0 amide bonds. The Bertz CT molecular complexity index is 1170. The average molecular weight is 594 g/mol. The van der Waals surface area contributed by atoms with Crippen LogP contribution >= 0.6 is 31.8 Å². The van der Waals surface area contributed by atoms with E-state index in [9.17, 15) is 19.1 Å². The third-order valence-corrected chi connectivity index (χ3v) is 7.18. The van der Waals surface area contributed by atoms with Gasteiger partial charge in [0, 0.05) is 31.1 Å². The van der Waals surface area contributed by atoms with Gasteiger partial charge in [-0.05, 0) is 42.7 Å². The van der Waals surface area contributed by atoms with Crippen molar-refractivity contribution < 1.29 is 23.8 Å². The van der Waals surface area contributed by atoms with E-state index in [1.165, 1.54) is 0 Å². The summed E-state index contributed by atoms with van der Waals surface area (Å²) in [6.45, 7) is 0.401. The molecule has 178 valence electrons. The second-order valence-electron chi connectivity index (χ2n) is 8.19. The van der Waals surface area contributed by atoms with Crippen LogP contribution in [-0.2, 0) is 11.3 Å². The minimum atomic E-state index is -1.51. The highest BCUT2D eigenvalue weighted by atomic mass is 127. The highest BCUT2D eigenvalue weighted by Crippen LogP contribution is 2.39. The molecule has 0 saturated carbocycles. The molecule has 1 N–H and O–H groups in total. The standard InChI is InChI=1S/C25H25FIN2O4P/c26-25(34)33-18-10-8-16(9-11-18)24-28-21-20(27)23(32)17(7-4-12-30)13-19(31)22(21)29(24)14-15-5-2-1-3-6-15/h1-3,5-6,8-11,17,20,25,30H,4,7,12-14,34H2. The van der Waals surface area contributed by atoms with Gasteiger partial charge < -0.3 is 14.4 Å². The molecule has 4 atom stereocenters. The Morgan fingerprint density at radius 2 is 1.88 bits per heavy atom. The quantitative estimate of drug-likeness (QED) is 0.170. The number of hydrogen-bond acceptors (Lipinski definition) is 5. The molecule has 4 unspecified atom stereocenters. The maximum absolute atomic E-state index is 13.5. The molecule has 0 spiro atoms. The summed E-state index contributed by atoms with van der Waals surface area (Å²) in [6.07, 6.45) is -0.457. The molecule has 0 saturated heterocycles. The summed E-state index contributed by atoms with van der Waals surface area (Å²) in [5, 5.41) is 9.21. The van der Waals surface area contributed by atoms with Gasteiger partial charge in [-0.2, -0.15) is 4.39 Å². The van der Waals surface area contributed by atoms with Crippen molar-refractivity contribution in [2.45, 2.75) is 35.8 Å². The van der Waals surface area contributed by atoms with Crippen LogP contribution in [0.25, 0.3) is 11.4 Å². The van der Waals surface area contributed by atoms with Crippen LogP contribution in [0, 0.1) is 5.92 Å². The molecule has 34 heavy (non-hydrogen) atoms. The molecule has 1 heterocycles. The van der Waals surface area contributed by atoms with Crippen molar-refractivity contribution in [3.63, 3.8) is 0 Å². The Morgan fingerprint density at radius 3 is 2.53 bits per heavy atom. The molecule has 0 fully saturated rings. The zero-order chi connectivity index (χ0) is 24.2. The van der Waals surface area contributed by atoms with Gasteiger partial charge in [-0.3, -0.25) is 9.59 Å². The summed E-state index contributed by atoms with van der Waals surface area (Å²) >= 11 is 2.07. The fourth-order valence-corrected chi connectivity index (χ4v) is 5.34. The minimum absolute atomic E-state index is 0.0148. The molecular formula is C25H25FIN2O4P. The van der Waals surface area contributed by atoms with Crippen LogP contribution in [0.4, 0.5) is 4.39 Å². The van der Waals surface area contributed by atoms with E-state index in [1.54, 1.807) is 24.3 Å². The zero-order valence-electron chi connectivity index (χ0n) is 18.4. The third-order valence-electron chi connectivity index (χ3n) is 5.84. The van der Waals surface area contributed by atoms with Crippen LogP contribution in [-0.4, -0.2) is 38.9 Å². The summed E-state index contributed by atoms with van der Waals surface area (Å²) in [4.78, 5) is 31.4. The number of rotatable bonds is 8. The summed E-state index contributed by atoms with van der Waals surface area (Å²) in [6, 6.07) is 16.6. The number of hydrogen-bond donors (Lipinski definition) is 1. The summed E-state index contributed by atoms with van der Waals surface area (Å²) < 4.78 is 19.6. The van der Waals surface area contributed by atoms with Gasteiger partial charge in [0.25, 0.3) is 0 Å². The molecule has 4 rings (SSSR count). The molecule has 1 aromatic heterocycles. The number of benzene rings is 2. The van der Waals surface area contributed by atoms with Crippen LogP contribution in [0.3, 0.4) is 0 Å². The first-order chi connectivity index (χ1) is 16.4. The van der Waals surface area contributed by atoms with E-state index in [4.69, 9.17) is 9.72 Å². The lowest BCUT2D eigenvalue weighted by Crippen LogP contribution is -2.19. The Labute approximate surface area is 213 Å². The van der Waals surface area contributed by atoms with Gasteiger partial charge in [0.15, 0.2) is 11.6 Å². The number of alkyl halides is 2. The summed E-state index contributed by atoms with van der Waals surface area (Å²) in [5.41, 5.74) is 2.66. The monoisotopic (exact) mass is 594 g/mol. The van der Waals surface area contributed by atoms with Crippen molar-refractivity contribution in [3.8, 4) is 17.1 Å². The van der Waals surface area contributed by atoms with E-state index in [0.29, 0.717) is 42.3 Å². The van der Waals surface area contributed by atoms with Crippen LogP contribution in [0.15, 0.2) is 54.6 Å². The number of ether oxygens (including phenoxy) is 1. The first-order valence-corrected chi connectivity index (χ1v) is 12.9. The molecule has 0 radical (unpaired) electrons. The SMILES string of the molecule is O=C1CC(CCCO)C(=O)C(I)c2nc(-c3ccc(OC(F)P)cc3)n(Cc3ccccc3)c21. The maximum atomic E-state index is 13.5. The average Bonchev–Trinajstić information content (AvgIpc) is 3.16. The fraction of sp³-hybridized carbons (Fsp3) is 0.320. The predicted molar refractivity (Wildman–Crippen MR) is 139 cm³/mol. The van der Waals surface area contributed by atoms with Gasteiger partial charge in [0.2, 0.25) is 6.10 Å². The number of carbonyl (C=O) groups excluding carboxylic acids is 2. The lowest BCUT2D eigenvalue weighted by Gasteiger charge is -2.15. The van der Waals surface area contributed by atoms with Crippen LogP contribution in [0.5, 0.6) is 5.75 Å². The molecular weight excluding hydrogens is 569 g/mol. The van der Waals surface area contributed by atoms with Crippen molar-refractivity contribution in [3.05, 3.63) is 71.5 Å². The van der Waals surface area contributed by atoms with Gasteiger partial charge >= 0.3 is 0 Å². The number of imidazole rings is 1. The van der Waals surface area contributed by atoms with Crippen molar-refractivity contribution in [1.82, 2.24) is 9.55 Å². The maximum Gasteiger partial charge on any atom is 0.249 e. The molecule has 1 aliphatic carbocycles. The molecule has 9 heteroatoms. The Kier molecular flexibility index (Phi) is 8.11. The second-order valence-corrected chi connectivity index (χ2v) is 9.96. The third kappa shape index (κ3) is 5.39. The van der Waals surface area contributed by atoms with E-state index in [-0.39, 0.29) is 24.6 Å². The Morgan fingerprint density at radius 1 is 1.18 bits per heavy atom. The van der Waals surface area contributed by atoms with Crippen molar-refractivity contribution in [2.75, 3.05) is 6.61 Å². The number of aliphatic hydroxyl groups is 1. The van der Waals surface area contributed by atoms with E-state index in [0.717, 1.165) is 11.1 Å². The normalized spacial score (nSPS) is 18.9. The summed E-state index contributed by atoms with van der Waals surface area (Å²) in [7, 11) is 1.94. The lowest BCUT2D eigenvalue weighted by molar-refractivity contribution is -0.122. The van der Waals surface area contributed by atoms with Gasteiger partial charge in [0.05, 0.1) is 5.69 Å². The molecule has 0 bridgehead atoms. The number of Topliss-reactive ketones (excluding diaryl/α,β-unsaturated/α-hetero) is 2. The topological polar surface area (TPSA) is 81.4 Å². The van der Waals surface area contributed by atoms with E-state index in [1.807, 2.05) is 44.1 Å². The first-order valence-electron chi connectivity index (χ1n) is 11.0. The number of aromatic nitrogens is 2. The number of carbonyl (C=O) groups is 2. The highest BCUT2D eigenvalue weighted by Gasteiger charge is 2.39. The van der Waals surface area contributed by atoms with Crippen molar-refractivity contribution in [1.29, 1.82) is 0 Å². The first kappa shape index (κ1) is 24.9. The highest BCUT2D eigenvalue weighted by molar-refractivity contribution is 14.1. The van der Waals surface area contributed by atoms with Crippen molar-refractivity contribution in [2.24, 2.45) is 5.92 Å². The largest absolute Gasteiger partial charge is 0.457 e. The van der Waals surface area contributed by atoms with E-state index in [2.05, 4.69) is 22.6 Å². The molecule has 3 aromatic rings. The second kappa shape index (κ2) is 11.1. The van der Waals surface area contributed by atoms with Crippen LogP contribution in [0.1, 0.15) is 44.9 Å². The molecule has 1 aliphatic rings.